The highest BCUT2D eigenvalue weighted by molar-refractivity contribution is 6.04. The summed E-state index contributed by atoms with van der Waals surface area (Å²) in [4.78, 5) is 11.8. The molecule has 2 rings (SSSR count). The number of hydrogen-bond donors (Lipinski definition) is 2. The van der Waals surface area contributed by atoms with Crippen LogP contribution in [0.25, 0.3) is 0 Å². The van der Waals surface area contributed by atoms with E-state index in [1.54, 1.807) is 6.07 Å². The standard InChI is InChI=1S/C10H11N5O/c1-6-9(7(2)15-14-6)13-10(16)8-3-4-11-12-5-8/h3-5H,1-2H3,(H,13,16)(H,14,15). The lowest BCUT2D eigenvalue weighted by Crippen LogP contribution is -2.13. The normalized spacial score (nSPS) is 10.1. The molecule has 0 unspecified atom stereocenters. The molecule has 0 aliphatic heterocycles. The molecule has 0 aliphatic rings. The number of carbonyl (C=O) groups excluding carboxylic acids is 1. The first-order valence-corrected chi connectivity index (χ1v) is 4.78. The molecule has 82 valence electrons. The fourth-order valence-electron chi connectivity index (χ4n) is 1.35. The van der Waals surface area contributed by atoms with E-state index < -0.39 is 0 Å². The van der Waals surface area contributed by atoms with E-state index in [1.165, 1.54) is 12.4 Å². The fourth-order valence-corrected chi connectivity index (χ4v) is 1.35. The van der Waals surface area contributed by atoms with E-state index in [0.717, 1.165) is 11.4 Å². The van der Waals surface area contributed by atoms with Gasteiger partial charge in [0.1, 0.15) is 0 Å². The van der Waals surface area contributed by atoms with Gasteiger partial charge < -0.3 is 5.32 Å². The molecule has 6 nitrogen and oxygen atoms in total. The Bertz CT molecular complexity index is 486. The van der Waals surface area contributed by atoms with Gasteiger partial charge in [0, 0.05) is 0 Å². The quantitative estimate of drug-likeness (QED) is 0.788. The molecule has 0 saturated heterocycles. The number of rotatable bonds is 2. The monoisotopic (exact) mass is 217 g/mol. The van der Waals surface area contributed by atoms with E-state index >= 15 is 0 Å². The minimum atomic E-state index is -0.220. The van der Waals surface area contributed by atoms with E-state index in [9.17, 15) is 4.79 Å². The van der Waals surface area contributed by atoms with Crippen LogP contribution in [0.1, 0.15) is 21.7 Å². The van der Waals surface area contributed by atoms with Gasteiger partial charge in [-0.05, 0) is 19.9 Å². The zero-order chi connectivity index (χ0) is 11.5. The van der Waals surface area contributed by atoms with Gasteiger partial charge in [-0.2, -0.15) is 15.3 Å². The molecule has 16 heavy (non-hydrogen) atoms. The van der Waals surface area contributed by atoms with Crippen LogP contribution in [0.15, 0.2) is 18.5 Å². The van der Waals surface area contributed by atoms with Crippen molar-refractivity contribution in [3.8, 4) is 0 Å². The minimum Gasteiger partial charge on any atom is -0.319 e. The maximum Gasteiger partial charge on any atom is 0.257 e. The van der Waals surface area contributed by atoms with Crippen molar-refractivity contribution in [3.05, 3.63) is 35.4 Å². The average Bonchev–Trinajstić information content (AvgIpc) is 2.62. The van der Waals surface area contributed by atoms with Gasteiger partial charge in [0.05, 0.1) is 35.0 Å². The Balaban J connectivity index is 2.21. The number of anilines is 1. The molecule has 0 spiro atoms. The third-order valence-electron chi connectivity index (χ3n) is 2.21. The van der Waals surface area contributed by atoms with Gasteiger partial charge in [-0.1, -0.05) is 0 Å². The molecule has 2 heterocycles. The second-order valence-corrected chi connectivity index (χ2v) is 3.39. The van der Waals surface area contributed by atoms with Gasteiger partial charge in [-0.15, -0.1) is 0 Å². The molecular weight excluding hydrogens is 206 g/mol. The number of nitrogens with one attached hydrogen (secondary N) is 2. The van der Waals surface area contributed by atoms with Crippen LogP contribution >= 0.6 is 0 Å². The third kappa shape index (κ3) is 1.90. The lowest BCUT2D eigenvalue weighted by atomic mass is 10.2. The number of nitrogens with zero attached hydrogens (tertiary/aromatic N) is 3. The van der Waals surface area contributed by atoms with Crippen molar-refractivity contribution >= 4 is 11.6 Å². The van der Waals surface area contributed by atoms with Crippen LogP contribution in [0.4, 0.5) is 5.69 Å². The summed E-state index contributed by atoms with van der Waals surface area (Å²) in [6.45, 7) is 3.67. The van der Waals surface area contributed by atoms with Crippen LogP contribution < -0.4 is 5.32 Å². The molecule has 1 amide bonds. The van der Waals surface area contributed by atoms with E-state index in [-0.39, 0.29) is 5.91 Å². The van der Waals surface area contributed by atoms with Crippen molar-refractivity contribution in [3.63, 3.8) is 0 Å². The van der Waals surface area contributed by atoms with E-state index in [2.05, 4.69) is 25.7 Å². The van der Waals surface area contributed by atoms with E-state index in [4.69, 9.17) is 0 Å². The number of aryl methyl sites for hydroxylation is 2. The number of aromatic nitrogens is 4. The summed E-state index contributed by atoms with van der Waals surface area (Å²) < 4.78 is 0. The average molecular weight is 217 g/mol. The van der Waals surface area contributed by atoms with Crippen LogP contribution in [0.2, 0.25) is 0 Å². The summed E-state index contributed by atoms with van der Waals surface area (Å²) in [5.41, 5.74) is 2.76. The number of hydrogen-bond acceptors (Lipinski definition) is 4. The van der Waals surface area contributed by atoms with Crippen molar-refractivity contribution in [2.24, 2.45) is 0 Å². The molecule has 0 bridgehead atoms. The first-order chi connectivity index (χ1) is 7.68. The Labute approximate surface area is 92.1 Å². The largest absolute Gasteiger partial charge is 0.319 e. The molecule has 0 aromatic carbocycles. The predicted octanol–water partition coefficient (Wildman–Crippen LogP) is 1.07. The lowest BCUT2D eigenvalue weighted by Gasteiger charge is -2.03. The zero-order valence-electron chi connectivity index (χ0n) is 8.98. The first kappa shape index (κ1) is 10.3. The van der Waals surface area contributed by atoms with Gasteiger partial charge in [0.15, 0.2) is 0 Å². The highest BCUT2D eigenvalue weighted by Crippen LogP contribution is 2.16. The van der Waals surface area contributed by atoms with Gasteiger partial charge >= 0.3 is 0 Å². The SMILES string of the molecule is Cc1n[nH]c(C)c1NC(=O)c1ccnnc1. The topological polar surface area (TPSA) is 83.6 Å². The first-order valence-electron chi connectivity index (χ1n) is 4.78. The van der Waals surface area contributed by atoms with E-state index in [1.807, 2.05) is 13.8 Å². The summed E-state index contributed by atoms with van der Waals surface area (Å²) in [7, 11) is 0. The molecule has 0 saturated carbocycles. The van der Waals surface area contributed by atoms with Crippen molar-refractivity contribution in [1.29, 1.82) is 0 Å². The summed E-state index contributed by atoms with van der Waals surface area (Å²) in [5.74, 6) is -0.220. The Morgan fingerprint density at radius 3 is 2.75 bits per heavy atom. The van der Waals surface area contributed by atoms with Crippen molar-refractivity contribution in [1.82, 2.24) is 20.4 Å². The van der Waals surface area contributed by atoms with Crippen molar-refractivity contribution in [2.75, 3.05) is 5.32 Å². The van der Waals surface area contributed by atoms with Crippen molar-refractivity contribution < 1.29 is 4.79 Å². The third-order valence-corrected chi connectivity index (χ3v) is 2.21. The van der Waals surface area contributed by atoms with Gasteiger partial charge in [-0.3, -0.25) is 9.89 Å². The maximum atomic E-state index is 11.8. The lowest BCUT2D eigenvalue weighted by molar-refractivity contribution is 0.102. The number of amides is 1. The molecule has 2 aromatic rings. The van der Waals surface area contributed by atoms with Gasteiger partial charge in [0.2, 0.25) is 0 Å². The Morgan fingerprint density at radius 1 is 1.38 bits per heavy atom. The Hall–Kier alpha value is -2.24. The molecule has 2 aromatic heterocycles. The fraction of sp³-hybridized carbons (Fsp3) is 0.200. The zero-order valence-corrected chi connectivity index (χ0v) is 8.98. The number of carbonyl (C=O) groups is 1. The molecule has 6 heteroatoms. The molecule has 2 N–H and O–H groups in total. The maximum absolute atomic E-state index is 11.8. The summed E-state index contributed by atoms with van der Waals surface area (Å²) in [6, 6.07) is 1.60. The minimum absolute atomic E-state index is 0.220. The summed E-state index contributed by atoms with van der Waals surface area (Å²) in [6.07, 6.45) is 2.89. The van der Waals surface area contributed by atoms with Crippen LogP contribution in [0, 0.1) is 13.8 Å². The van der Waals surface area contributed by atoms with Crippen LogP contribution in [0.3, 0.4) is 0 Å². The van der Waals surface area contributed by atoms with Crippen molar-refractivity contribution in [2.45, 2.75) is 13.8 Å². The molecule has 0 radical (unpaired) electrons. The highest BCUT2D eigenvalue weighted by atomic mass is 16.1. The molecule has 0 fully saturated rings. The van der Waals surface area contributed by atoms with Crippen LogP contribution in [-0.2, 0) is 0 Å². The summed E-state index contributed by atoms with van der Waals surface area (Å²) in [5, 5.41) is 16.8. The molecular formula is C10H11N5O. The number of aromatic amines is 1. The highest BCUT2D eigenvalue weighted by Gasteiger charge is 2.11. The van der Waals surface area contributed by atoms with Gasteiger partial charge in [0.25, 0.3) is 5.91 Å². The van der Waals surface area contributed by atoms with E-state index in [0.29, 0.717) is 11.3 Å². The second kappa shape index (κ2) is 4.09. The Morgan fingerprint density at radius 2 is 2.19 bits per heavy atom. The predicted molar refractivity (Wildman–Crippen MR) is 58.0 cm³/mol. The van der Waals surface area contributed by atoms with Crippen LogP contribution in [-0.4, -0.2) is 26.3 Å². The second-order valence-electron chi connectivity index (χ2n) is 3.39. The van der Waals surface area contributed by atoms with Gasteiger partial charge in [-0.25, -0.2) is 0 Å². The smallest absolute Gasteiger partial charge is 0.257 e. The molecule has 0 aliphatic carbocycles. The van der Waals surface area contributed by atoms with Crippen LogP contribution in [0.5, 0.6) is 0 Å². The molecule has 0 atom stereocenters. The number of H-pyrrole nitrogens is 1. The Kier molecular flexibility index (Phi) is 2.63. The summed E-state index contributed by atoms with van der Waals surface area (Å²) >= 11 is 0.